The molecule has 0 aromatic rings. The van der Waals surface area contributed by atoms with Crippen LogP contribution in [0, 0.1) is 0 Å². The van der Waals surface area contributed by atoms with Gasteiger partial charge in [0.25, 0.3) is 0 Å². The van der Waals surface area contributed by atoms with Crippen molar-refractivity contribution >= 4 is 27.7 Å². The molecule has 17 heteroatoms. The van der Waals surface area contributed by atoms with E-state index < -0.39 is 21.8 Å². The highest BCUT2D eigenvalue weighted by atomic mass is 19.5. The van der Waals surface area contributed by atoms with E-state index in [1.54, 1.807) is 0 Å². The second-order valence-corrected chi connectivity index (χ2v) is 4.82. The lowest BCUT2D eigenvalue weighted by molar-refractivity contribution is -0.154. The maximum Gasteiger partial charge on any atom is 0.673 e. The molecule has 2 nitrogen and oxygen atoms in total. The first-order valence-electron chi connectivity index (χ1n) is 6.29. The molecule has 0 fully saturated rings. The summed E-state index contributed by atoms with van der Waals surface area (Å²) in [5.74, 6) is -0.102. The first-order chi connectivity index (χ1) is 10.5. The number of halogens is 12. The van der Waals surface area contributed by atoms with E-state index in [1.807, 2.05) is 27.7 Å². The van der Waals surface area contributed by atoms with Gasteiger partial charge >= 0.3 is 27.7 Å². The second kappa shape index (κ2) is 13.1. The van der Waals surface area contributed by atoms with E-state index in [4.69, 9.17) is 4.74 Å². The van der Waals surface area contributed by atoms with Gasteiger partial charge in [0.15, 0.2) is 0 Å². The minimum atomic E-state index is -6.00. The van der Waals surface area contributed by atoms with Crippen LogP contribution in [0.3, 0.4) is 0 Å². The highest BCUT2D eigenvalue weighted by Gasteiger charge is 2.21. The number of hydrogen-bond donors (Lipinski definition) is 0. The first kappa shape index (κ1) is 31.6. The van der Waals surface area contributed by atoms with Crippen LogP contribution in [-0.2, 0) is 9.53 Å². The van der Waals surface area contributed by atoms with Crippen LogP contribution >= 0.6 is 0 Å². The molecule has 0 aliphatic heterocycles. The second-order valence-electron chi connectivity index (χ2n) is 4.82. The van der Waals surface area contributed by atoms with E-state index in [0.29, 0.717) is 6.42 Å². The van der Waals surface area contributed by atoms with Crippen LogP contribution in [-0.4, -0.2) is 33.3 Å². The summed E-state index contributed by atoms with van der Waals surface area (Å²) in [6.07, 6.45) is 1.38. The molecule has 0 heterocycles. The van der Waals surface area contributed by atoms with E-state index in [0.717, 1.165) is 6.42 Å². The molecule has 0 aromatic carbocycles. The Labute approximate surface area is 136 Å². The summed E-state index contributed by atoms with van der Waals surface area (Å²) < 4.78 is 122. The van der Waals surface area contributed by atoms with Crippen molar-refractivity contribution in [2.75, 3.05) is 0 Å². The molecular formula is C8H16B3F12O2-3. The van der Waals surface area contributed by atoms with Crippen molar-refractivity contribution in [3.63, 3.8) is 0 Å². The van der Waals surface area contributed by atoms with E-state index >= 15 is 0 Å². The van der Waals surface area contributed by atoms with Crippen molar-refractivity contribution in [1.29, 1.82) is 0 Å². The van der Waals surface area contributed by atoms with Gasteiger partial charge in [-0.15, -0.1) is 0 Å². The number of ether oxygens (including phenoxy) is 1. The smallest absolute Gasteiger partial charge is 0.460 e. The molecular weight excluding hydrogens is 388 g/mol. The lowest BCUT2D eigenvalue weighted by atomic mass is 10.2. The van der Waals surface area contributed by atoms with Crippen LogP contribution in [0.15, 0.2) is 0 Å². The average molecular weight is 405 g/mol. The van der Waals surface area contributed by atoms with Crippen molar-refractivity contribution in [2.45, 2.75) is 46.1 Å². The van der Waals surface area contributed by atoms with Gasteiger partial charge < -0.3 is 56.5 Å². The molecule has 25 heavy (non-hydrogen) atoms. The quantitative estimate of drug-likeness (QED) is 0.319. The van der Waals surface area contributed by atoms with Gasteiger partial charge in [-0.3, -0.25) is 4.79 Å². The van der Waals surface area contributed by atoms with Crippen molar-refractivity contribution in [3.05, 3.63) is 0 Å². The Balaban J connectivity index is -0.000000126. The minimum Gasteiger partial charge on any atom is -0.460 e. The monoisotopic (exact) mass is 405 g/mol. The zero-order valence-electron chi connectivity index (χ0n) is 13.5. The maximum absolute atomic E-state index is 10.8. The normalized spacial score (nSPS) is 11.7. The SMILES string of the molecule is CCCC(=O)OC(C)(C)C.F[B-](F)(F)F.F[B-](F)(F)F.F[B-](F)(F)F. The fourth-order valence-corrected chi connectivity index (χ4v) is 0.597. The summed E-state index contributed by atoms with van der Waals surface area (Å²) in [6.45, 7) is 7.59. The molecule has 0 radical (unpaired) electrons. The van der Waals surface area contributed by atoms with Gasteiger partial charge in [-0.2, -0.15) is 0 Å². The Hall–Kier alpha value is -1.18. The zero-order valence-corrected chi connectivity index (χ0v) is 13.5. The molecule has 0 amide bonds. The van der Waals surface area contributed by atoms with Crippen LogP contribution in [0.4, 0.5) is 51.8 Å². The number of rotatable bonds is 2. The number of esters is 1. The molecule has 156 valence electrons. The Morgan fingerprint density at radius 1 is 0.720 bits per heavy atom. The predicted octanol–water partition coefficient (Wildman–Crippen LogP) is 6.03. The Morgan fingerprint density at radius 2 is 0.920 bits per heavy atom. The first-order valence-corrected chi connectivity index (χ1v) is 6.29. The topological polar surface area (TPSA) is 26.3 Å². The Morgan fingerprint density at radius 3 is 1.04 bits per heavy atom. The molecule has 0 saturated carbocycles. The summed E-state index contributed by atoms with van der Waals surface area (Å²) in [7, 11) is -18.0. The zero-order chi connectivity index (χ0) is 21.7. The van der Waals surface area contributed by atoms with Crippen molar-refractivity contribution in [2.24, 2.45) is 0 Å². The largest absolute Gasteiger partial charge is 0.673 e. The van der Waals surface area contributed by atoms with E-state index in [-0.39, 0.29) is 11.6 Å². The van der Waals surface area contributed by atoms with Crippen LogP contribution in [0.5, 0.6) is 0 Å². The molecule has 0 spiro atoms. The molecule has 0 aliphatic carbocycles. The van der Waals surface area contributed by atoms with E-state index in [1.165, 1.54) is 0 Å². The lowest BCUT2D eigenvalue weighted by Crippen LogP contribution is -2.23. The summed E-state index contributed by atoms with van der Waals surface area (Å²) >= 11 is 0. The average Bonchev–Trinajstić information content (AvgIpc) is 2.04. The van der Waals surface area contributed by atoms with Crippen LogP contribution in [0.2, 0.25) is 0 Å². The van der Waals surface area contributed by atoms with Gasteiger partial charge in [-0.05, 0) is 27.2 Å². The highest BCUT2D eigenvalue weighted by Crippen LogP contribution is 2.09. The van der Waals surface area contributed by atoms with Crippen LogP contribution in [0.25, 0.3) is 0 Å². The summed E-state index contributed by atoms with van der Waals surface area (Å²) in [4.78, 5) is 10.8. The molecule has 0 aromatic heterocycles. The third-order valence-electron chi connectivity index (χ3n) is 0.874. The van der Waals surface area contributed by atoms with Gasteiger partial charge in [0.1, 0.15) is 5.60 Å². The summed E-state index contributed by atoms with van der Waals surface area (Å²) in [5, 5.41) is 0. The van der Waals surface area contributed by atoms with Gasteiger partial charge in [0.2, 0.25) is 0 Å². The highest BCUT2D eigenvalue weighted by molar-refractivity contribution is 6.50. The summed E-state index contributed by atoms with van der Waals surface area (Å²) in [5.41, 5.74) is -0.327. The molecule has 0 saturated heterocycles. The fraction of sp³-hybridized carbons (Fsp3) is 0.875. The lowest BCUT2D eigenvalue weighted by Gasteiger charge is -2.18. The van der Waals surface area contributed by atoms with Crippen LogP contribution < -0.4 is 0 Å². The molecule has 0 aliphatic rings. The molecule has 0 rings (SSSR count). The molecule has 0 N–H and O–H groups in total. The molecule has 0 unspecified atom stereocenters. The maximum atomic E-state index is 10.8. The van der Waals surface area contributed by atoms with E-state index in [2.05, 4.69) is 0 Å². The van der Waals surface area contributed by atoms with Crippen molar-refractivity contribution < 1.29 is 61.3 Å². The Kier molecular flexibility index (Phi) is 16.5. The third-order valence-corrected chi connectivity index (χ3v) is 0.874. The Bertz CT molecular complexity index is 287. The number of carbonyl (C=O) groups excluding carboxylic acids is 1. The van der Waals surface area contributed by atoms with Crippen LogP contribution in [0.1, 0.15) is 40.5 Å². The van der Waals surface area contributed by atoms with E-state index in [9.17, 15) is 56.6 Å². The van der Waals surface area contributed by atoms with Gasteiger partial charge in [-0.25, -0.2) is 0 Å². The van der Waals surface area contributed by atoms with Crippen molar-refractivity contribution in [1.82, 2.24) is 0 Å². The molecule has 0 bridgehead atoms. The predicted molar refractivity (Wildman–Crippen MR) is 71.3 cm³/mol. The van der Waals surface area contributed by atoms with Gasteiger partial charge in [0, 0.05) is 6.42 Å². The molecule has 0 atom stereocenters. The van der Waals surface area contributed by atoms with Gasteiger partial charge in [-0.1, -0.05) is 6.92 Å². The number of carbonyl (C=O) groups is 1. The van der Waals surface area contributed by atoms with Gasteiger partial charge in [0.05, 0.1) is 0 Å². The standard InChI is InChI=1S/C8H16O2.3BF4/c1-5-6-7(9)10-8(2,3)4;3*2-1(3,4)5/h5-6H2,1-4H3;;;/q;3*-1. The fourth-order valence-electron chi connectivity index (χ4n) is 0.597. The summed E-state index contributed by atoms with van der Waals surface area (Å²) in [6, 6.07) is 0. The minimum absolute atomic E-state index is 0.102. The number of hydrogen-bond acceptors (Lipinski definition) is 2. The van der Waals surface area contributed by atoms with Crippen molar-refractivity contribution in [3.8, 4) is 0 Å². The third kappa shape index (κ3) is 213.